The second kappa shape index (κ2) is 11.5. The third-order valence-electron chi connectivity index (χ3n) is 4.33. The molecule has 1 aromatic heterocycles. The molecule has 0 saturated carbocycles. The molecule has 150 valence electrons. The molecule has 1 aliphatic heterocycles. The van der Waals surface area contributed by atoms with Gasteiger partial charge in [-0.05, 0) is 32.9 Å². The lowest BCUT2D eigenvalue weighted by molar-refractivity contribution is -0.116. The standard InChI is InChI=1S/C19H32N6O2/c1-4-20-19(22-14-16(3)25-10-12-27-13-11-25)21-9-8-18(26)24-17-7-5-6-15(2)23-17/h5-7,16H,4,8-14H2,1-3H3,(H2,20,21,22)(H,23,24,26). The number of amides is 1. The summed E-state index contributed by atoms with van der Waals surface area (Å²) in [5.74, 6) is 1.25. The third kappa shape index (κ3) is 7.92. The maximum absolute atomic E-state index is 12.1. The molecule has 2 heterocycles. The van der Waals surface area contributed by atoms with Crippen LogP contribution in [-0.2, 0) is 9.53 Å². The highest BCUT2D eigenvalue weighted by Crippen LogP contribution is 2.05. The number of aryl methyl sites for hydroxylation is 1. The van der Waals surface area contributed by atoms with E-state index in [1.54, 1.807) is 6.07 Å². The lowest BCUT2D eigenvalue weighted by Crippen LogP contribution is -2.44. The van der Waals surface area contributed by atoms with Crippen molar-refractivity contribution in [3.8, 4) is 0 Å². The fourth-order valence-electron chi connectivity index (χ4n) is 2.81. The molecule has 0 radical (unpaired) electrons. The molecule has 1 aliphatic rings. The smallest absolute Gasteiger partial charge is 0.227 e. The van der Waals surface area contributed by atoms with E-state index < -0.39 is 0 Å². The number of anilines is 1. The molecule has 0 spiro atoms. The van der Waals surface area contributed by atoms with E-state index in [-0.39, 0.29) is 5.91 Å². The quantitative estimate of drug-likeness (QED) is 0.463. The lowest BCUT2D eigenvalue weighted by atomic mass is 10.2. The van der Waals surface area contributed by atoms with E-state index in [1.807, 2.05) is 26.0 Å². The average molecular weight is 377 g/mol. The maximum Gasteiger partial charge on any atom is 0.227 e. The summed E-state index contributed by atoms with van der Waals surface area (Å²) in [6.45, 7) is 11.6. The van der Waals surface area contributed by atoms with Gasteiger partial charge in [-0.3, -0.25) is 14.7 Å². The number of ether oxygens (including phenoxy) is 1. The molecule has 8 nitrogen and oxygen atoms in total. The van der Waals surface area contributed by atoms with Crippen LogP contribution in [-0.4, -0.2) is 73.7 Å². The van der Waals surface area contributed by atoms with Gasteiger partial charge in [-0.1, -0.05) is 6.07 Å². The van der Waals surface area contributed by atoms with Crippen molar-refractivity contribution in [3.63, 3.8) is 0 Å². The van der Waals surface area contributed by atoms with Gasteiger partial charge in [0, 0.05) is 44.3 Å². The minimum Gasteiger partial charge on any atom is -0.379 e. The molecule has 3 N–H and O–H groups in total. The normalized spacial score (nSPS) is 16.6. The minimum atomic E-state index is -0.0712. The molecule has 1 saturated heterocycles. The largest absolute Gasteiger partial charge is 0.379 e. The molecule has 1 fully saturated rings. The first-order valence-corrected chi connectivity index (χ1v) is 9.66. The monoisotopic (exact) mass is 376 g/mol. The predicted octanol–water partition coefficient (Wildman–Crippen LogP) is 0.994. The van der Waals surface area contributed by atoms with Crippen LogP contribution in [0.2, 0.25) is 0 Å². The van der Waals surface area contributed by atoms with Crippen LogP contribution in [0.15, 0.2) is 23.2 Å². The van der Waals surface area contributed by atoms with E-state index in [1.165, 1.54) is 0 Å². The number of nitrogens with zero attached hydrogens (tertiary/aromatic N) is 3. The van der Waals surface area contributed by atoms with Crippen LogP contribution in [0.1, 0.15) is 26.0 Å². The van der Waals surface area contributed by atoms with Gasteiger partial charge >= 0.3 is 0 Å². The SMILES string of the molecule is CCNC(=NCC(C)N1CCOCC1)NCCC(=O)Nc1cccc(C)n1. The van der Waals surface area contributed by atoms with Crippen molar-refractivity contribution < 1.29 is 9.53 Å². The molecule has 8 heteroatoms. The highest BCUT2D eigenvalue weighted by Gasteiger charge is 2.16. The van der Waals surface area contributed by atoms with E-state index in [4.69, 9.17) is 4.74 Å². The number of carbonyl (C=O) groups excluding carboxylic acids is 1. The summed E-state index contributed by atoms with van der Waals surface area (Å²) in [5, 5.41) is 9.26. The maximum atomic E-state index is 12.1. The number of aliphatic imine (C=N–C) groups is 1. The Morgan fingerprint density at radius 3 is 2.81 bits per heavy atom. The summed E-state index contributed by atoms with van der Waals surface area (Å²) in [6.07, 6.45) is 0.346. The molecule has 1 amide bonds. The Kier molecular flexibility index (Phi) is 9.00. The third-order valence-corrected chi connectivity index (χ3v) is 4.33. The van der Waals surface area contributed by atoms with Gasteiger partial charge in [0.1, 0.15) is 5.82 Å². The van der Waals surface area contributed by atoms with Crippen LogP contribution >= 0.6 is 0 Å². The van der Waals surface area contributed by atoms with E-state index in [0.29, 0.717) is 31.4 Å². The van der Waals surface area contributed by atoms with Crippen molar-refractivity contribution in [1.29, 1.82) is 0 Å². The first-order chi connectivity index (χ1) is 13.1. The van der Waals surface area contributed by atoms with Crippen molar-refractivity contribution in [3.05, 3.63) is 23.9 Å². The number of morpholine rings is 1. The van der Waals surface area contributed by atoms with Gasteiger partial charge < -0.3 is 20.7 Å². The highest BCUT2D eigenvalue weighted by atomic mass is 16.5. The van der Waals surface area contributed by atoms with Crippen LogP contribution < -0.4 is 16.0 Å². The van der Waals surface area contributed by atoms with Gasteiger partial charge in [0.05, 0.1) is 19.8 Å². The van der Waals surface area contributed by atoms with Crippen LogP contribution in [0.4, 0.5) is 5.82 Å². The summed E-state index contributed by atoms with van der Waals surface area (Å²) in [4.78, 5) is 23.4. The fraction of sp³-hybridized carbons (Fsp3) is 0.632. The molecular formula is C19H32N6O2. The summed E-state index contributed by atoms with van der Waals surface area (Å²) < 4.78 is 5.39. The minimum absolute atomic E-state index is 0.0712. The average Bonchev–Trinajstić information content (AvgIpc) is 2.66. The van der Waals surface area contributed by atoms with Gasteiger partial charge in [-0.25, -0.2) is 4.98 Å². The summed E-state index contributed by atoms with van der Waals surface area (Å²) in [6, 6.07) is 5.92. The summed E-state index contributed by atoms with van der Waals surface area (Å²) in [5.41, 5.74) is 0.877. The second-order valence-electron chi connectivity index (χ2n) is 6.61. The van der Waals surface area contributed by atoms with Gasteiger partial charge in [0.2, 0.25) is 5.91 Å². The predicted molar refractivity (Wildman–Crippen MR) is 108 cm³/mol. The summed E-state index contributed by atoms with van der Waals surface area (Å²) >= 11 is 0. The Hall–Kier alpha value is -2.19. The molecule has 1 atom stereocenters. The van der Waals surface area contributed by atoms with Gasteiger partial charge in [-0.2, -0.15) is 0 Å². The van der Waals surface area contributed by atoms with E-state index >= 15 is 0 Å². The lowest BCUT2D eigenvalue weighted by Gasteiger charge is -2.31. The van der Waals surface area contributed by atoms with Crippen LogP contribution in [0.5, 0.6) is 0 Å². The number of hydrogen-bond donors (Lipinski definition) is 3. The van der Waals surface area contributed by atoms with Crippen molar-refractivity contribution in [2.24, 2.45) is 4.99 Å². The van der Waals surface area contributed by atoms with Gasteiger partial charge in [-0.15, -0.1) is 0 Å². The number of rotatable bonds is 8. The van der Waals surface area contributed by atoms with Gasteiger partial charge in [0.25, 0.3) is 0 Å². The summed E-state index contributed by atoms with van der Waals surface area (Å²) in [7, 11) is 0. The zero-order chi connectivity index (χ0) is 19.5. The number of aromatic nitrogens is 1. The second-order valence-corrected chi connectivity index (χ2v) is 6.61. The zero-order valence-corrected chi connectivity index (χ0v) is 16.6. The topological polar surface area (TPSA) is 90.9 Å². The van der Waals surface area contributed by atoms with Crippen molar-refractivity contribution in [2.75, 3.05) is 51.3 Å². The van der Waals surface area contributed by atoms with E-state index in [0.717, 1.165) is 44.5 Å². The van der Waals surface area contributed by atoms with Crippen LogP contribution in [0.25, 0.3) is 0 Å². The van der Waals surface area contributed by atoms with Crippen LogP contribution in [0, 0.1) is 6.92 Å². The van der Waals surface area contributed by atoms with Crippen molar-refractivity contribution in [1.82, 2.24) is 20.5 Å². The molecule has 1 aromatic rings. The number of hydrogen-bond acceptors (Lipinski definition) is 5. The molecule has 1 unspecified atom stereocenters. The molecule has 0 aliphatic carbocycles. The first kappa shape index (κ1) is 21.1. The van der Waals surface area contributed by atoms with Gasteiger partial charge in [0.15, 0.2) is 5.96 Å². The Morgan fingerprint density at radius 2 is 2.11 bits per heavy atom. The Bertz CT molecular complexity index is 616. The van der Waals surface area contributed by atoms with E-state index in [2.05, 4.69) is 37.8 Å². The first-order valence-electron chi connectivity index (χ1n) is 9.66. The molecule has 0 bridgehead atoms. The number of guanidine groups is 1. The van der Waals surface area contributed by atoms with Crippen molar-refractivity contribution in [2.45, 2.75) is 33.2 Å². The number of nitrogens with one attached hydrogen (secondary N) is 3. The fourth-order valence-corrected chi connectivity index (χ4v) is 2.81. The Labute approximate surface area is 161 Å². The molecular weight excluding hydrogens is 344 g/mol. The molecule has 27 heavy (non-hydrogen) atoms. The van der Waals surface area contributed by atoms with Crippen molar-refractivity contribution >= 4 is 17.7 Å². The number of carbonyl (C=O) groups is 1. The van der Waals surface area contributed by atoms with Crippen LogP contribution in [0.3, 0.4) is 0 Å². The highest BCUT2D eigenvalue weighted by molar-refractivity contribution is 5.90. The number of pyridine rings is 1. The Balaban J connectivity index is 1.74. The molecule has 0 aromatic carbocycles. The van der Waals surface area contributed by atoms with E-state index in [9.17, 15) is 4.79 Å². The Morgan fingerprint density at radius 1 is 1.33 bits per heavy atom. The molecule has 2 rings (SSSR count). The zero-order valence-electron chi connectivity index (χ0n) is 16.6.